The zero-order valence-corrected chi connectivity index (χ0v) is 33.0. The molecule has 50 heavy (non-hydrogen) atoms. The fraction of sp³-hybridized carbons (Fsp3) is 0.528. The van der Waals surface area contributed by atoms with Crippen LogP contribution in [0.15, 0.2) is 41.4 Å². The fourth-order valence-electron chi connectivity index (χ4n) is 4.39. The van der Waals surface area contributed by atoms with Crippen molar-refractivity contribution >= 4 is 64.2 Å². The maximum Gasteiger partial charge on any atom is 0.421 e. The van der Waals surface area contributed by atoms with E-state index in [0.717, 1.165) is 10.5 Å². The lowest BCUT2D eigenvalue weighted by molar-refractivity contribution is -0.137. The van der Waals surface area contributed by atoms with Crippen LogP contribution in [0.25, 0.3) is 0 Å². The number of halogens is 1. The van der Waals surface area contributed by atoms with Gasteiger partial charge in [0, 0.05) is 15.7 Å². The number of aliphatic carboxylic acids is 1. The summed E-state index contributed by atoms with van der Waals surface area (Å²) in [7, 11) is 1.56. The molecule has 3 N–H and O–H groups in total. The Morgan fingerprint density at radius 1 is 0.880 bits per heavy atom. The van der Waals surface area contributed by atoms with Gasteiger partial charge in [0.05, 0.1) is 19.3 Å². The maximum absolute atomic E-state index is 14.1. The zero-order chi connectivity index (χ0) is 38.0. The summed E-state index contributed by atoms with van der Waals surface area (Å²) in [5.74, 6) is -0.564. The molecule has 0 aromatic heterocycles. The van der Waals surface area contributed by atoms with E-state index in [1.54, 1.807) is 93.7 Å². The standard InChI is InChI=1S/C36H51IN4O9/c1-22(12-17-29(42)43)18-24-19-28(26(37)20-27(24)39-31(44)48-34(2,3)4)41(33(46)50-36(8,9)10)30(40-32(45)49-35(5,6)7)38-21-23-13-15-25(47-11)16-14-23/h13-16,19-20,22H,12,17-18,21H2,1-11H3,(H,39,44)(H,42,43)(H,38,40,45). The minimum atomic E-state index is -0.930. The first kappa shape index (κ1) is 42.1. The number of benzene rings is 2. The molecule has 0 spiro atoms. The number of ether oxygens (including phenoxy) is 4. The van der Waals surface area contributed by atoms with Gasteiger partial charge in [0.15, 0.2) is 0 Å². The highest BCUT2D eigenvalue weighted by Crippen LogP contribution is 2.34. The fourth-order valence-corrected chi connectivity index (χ4v) is 5.10. The van der Waals surface area contributed by atoms with E-state index >= 15 is 0 Å². The molecule has 276 valence electrons. The molecule has 14 heteroatoms. The number of carbonyl (C=O) groups is 4. The molecule has 2 rings (SSSR count). The van der Waals surface area contributed by atoms with E-state index in [9.17, 15) is 24.3 Å². The van der Waals surface area contributed by atoms with Gasteiger partial charge in [0.2, 0.25) is 5.96 Å². The molecule has 1 unspecified atom stereocenters. The summed E-state index contributed by atoms with van der Waals surface area (Å²) in [4.78, 5) is 57.3. The highest BCUT2D eigenvalue weighted by Gasteiger charge is 2.32. The number of carboxylic acid groups (broad SMARTS) is 1. The number of aliphatic imine (C=N–C) groups is 1. The van der Waals surface area contributed by atoms with Gasteiger partial charge in [0.25, 0.3) is 0 Å². The number of rotatable bonds is 10. The van der Waals surface area contributed by atoms with Crippen LogP contribution in [0.2, 0.25) is 0 Å². The maximum atomic E-state index is 14.1. The number of nitrogens with one attached hydrogen (secondary N) is 2. The predicted octanol–water partition coefficient (Wildman–Crippen LogP) is 8.51. The smallest absolute Gasteiger partial charge is 0.421 e. The van der Waals surface area contributed by atoms with Crippen LogP contribution in [0.5, 0.6) is 5.75 Å². The van der Waals surface area contributed by atoms with Gasteiger partial charge in [-0.05, 0) is 139 Å². The molecule has 0 aliphatic rings. The van der Waals surface area contributed by atoms with Crippen molar-refractivity contribution in [3.05, 3.63) is 51.1 Å². The molecule has 0 radical (unpaired) electrons. The Morgan fingerprint density at radius 3 is 1.96 bits per heavy atom. The lowest BCUT2D eigenvalue weighted by Crippen LogP contribution is -2.50. The number of hydrogen-bond donors (Lipinski definition) is 3. The average molecular weight is 811 g/mol. The first-order valence-corrected chi connectivity index (χ1v) is 17.3. The van der Waals surface area contributed by atoms with Crippen LogP contribution in [0.1, 0.15) is 93.2 Å². The second-order valence-electron chi connectivity index (χ2n) is 14.8. The van der Waals surface area contributed by atoms with Gasteiger partial charge >= 0.3 is 24.2 Å². The first-order valence-electron chi connectivity index (χ1n) is 16.2. The normalized spacial score (nSPS) is 12.8. The van der Waals surface area contributed by atoms with E-state index in [0.29, 0.717) is 39.1 Å². The van der Waals surface area contributed by atoms with E-state index in [1.165, 1.54) is 0 Å². The molecule has 13 nitrogen and oxygen atoms in total. The number of alkyl carbamates (subject to hydrolysis) is 1. The summed E-state index contributed by atoms with van der Waals surface area (Å²) in [6.07, 6.45) is -1.70. The highest BCUT2D eigenvalue weighted by atomic mass is 127. The van der Waals surface area contributed by atoms with Crippen molar-refractivity contribution in [3.8, 4) is 5.75 Å². The van der Waals surface area contributed by atoms with Crippen molar-refractivity contribution in [2.45, 2.75) is 112 Å². The van der Waals surface area contributed by atoms with Crippen molar-refractivity contribution in [1.29, 1.82) is 0 Å². The average Bonchev–Trinajstić information content (AvgIpc) is 2.94. The number of carboxylic acids is 1. The molecule has 0 fully saturated rings. The summed E-state index contributed by atoms with van der Waals surface area (Å²) in [5.41, 5.74) is -0.495. The van der Waals surface area contributed by atoms with E-state index < -0.39 is 41.1 Å². The van der Waals surface area contributed by atoms with Crippen LogP contribution < -0.4 is 20.3 Å². The number of anilines is 2. The number of nitrogens with zero attached hydrogens (tertiary/aromatic N) is 2. The SMILES string of the molecule is COc1ccc(CN=C(NC(=O)OC(C)(C)C)N(C(=O)OC(C)(C)C)c2cc(CC(C)CCC(=O)O)c(NC(=O)OC(C)(C)C)cc2I)cc1. The molecule has 0 bridgehead atoms. The Bertz CT molecular complexity index is 1540. The summed E-state index contributed by atoms with van der Waals surface area (Å²) < 4.78 is 22.6. The highest BCUT2D eigenvalue weighted by molar-refractivity contribution is 14.1. The van der Waals surface area contributed by atoms with Crippen LogP contribution in [0.4, 0.5) is 25.8 Å². The Hall–Kier alpha value is -4.08. The second kappa shape index (κ2) is 17.7. The van der Waals surface area contributed by atoms with Crippen LogP contribution in [-0.4, -0.2) is 59.2 Å². The molecule has 0 saturated carbocycles. The first-order chi connectivity index (χ1) is 23.0. The van der Waals surface area contributed by atoms with E-state index in [-0.39, 0.29) is 24.8 Å². The second-order valence-corrected chi connectivity index (χ2v) is 15.9. The molecule has 0 heterocycles. The van der Waals surface area contributed by atoms with Gasteiger partial charge in [-0.3, -0.25) is 15.4 Å². The summed E-state index contributed by atoms with van der Waals surface area (Å²) in [6, 6.07) is 10.5. The third-order valence-electron chi connectivity index (χ3n) is 6.44. The largest absolute Gasteiger partial charge is 0.497 e. The molecule has 0 aliphatic carbocycles. The Kier molecular flexibility index (Phi) is 14.9. The van der Waals surface area contributed by atoms with Crippen LogP contribution >= 0.6 is 22.6 Å². The van der Waals surface area contributed by atoms with Crippen molar-refractivity contribution in [2.24, 2.45) is 10.9 Å². The number of methoxy groups -OCH3 is 1. The topological polar surface area (TPSA) is 165 Å². The van der Waals surface area contributed by atoms with Crippen LogP contribution in [0, 0.1) is 9.49 Å². The van der Waals surface area contributed by atoms with Crippen molar-refractivity contribution in [1.82, 2.24) is 5.32 Å². The quantitative estimate of drug-likeness (QED) is 0.0924. The molecule has 0 saturated heterocycles. The van der Waals surface area contributed by atoms with Crippen molar-refractivity contribution in [2.75, 3.05) is 17.3 Å². The molecule has 2 aromatic rings. The number of guanidine groups is 1. The predicted molar refractivity (Wildman–Crippen MR) is 201 cm³/mol. The summed E-state index contributed by atoms with van der Waals surface area (Å²) in [5, 5.41) is 14.7. The summed E-state index contributed by atoms with van der Waals surface area (Å²) in [6.45, 7) is 17.5. The third-order valence-corrected chi connectivity index (χ3v) is 7.30. The minimum absolute atomic E-state index is 0.0424. The zero-order valence-electron chi connectivity index (χ0n) is 30.9. The van der Waals surface area contributed by atoms with E-state index in [1.807, 2.05) is 41.6 Å². The Balaban J connectivity index is 2.81. The molecular weight excluding hydrogens is 759 g/mol. The van der Waals surface area contributed by atoms with Crippen molar-refractivity contribution in [3.63, 3.8) is 0 Å². The van der Waals surface area contributed by atoms with Gasteiger partial charge < -0.3 is 24.1 Å². The van der Waals surface area contributed by atoms with Crippen LogP contribution in [0.3, 0.4) is 0 Å². The molecule has 3 amide bonds. The molecule has 1 atom stereocenters. The number of carbonyl (C=O) groups excluding carboxylic acids is 3. The molecular formula is C36H51IN4O9. The molecule has 0 aliphatic heterocycles. The summed E-state index contributed by atoms with van der Waals surface area (Å²) >= 11 is 2.03. The van der Waals surface area contributed by atoms with Gasteiger partial charge in [-0.25, -0.2) is 24.3 Å². The lowest BCUT2D eigenvalue weighted by Gasteiger charge is -2.30. The monoisotopic (exact) mass is 810 g/mol. The van der Waals surface area contributed by atoms with Gasteiger partial charge in [-0.1, -0.05) is 19.1 Å². The Morgan fingerprint density at radius 2 is 1.44 bits per heavy atom. The van der Waals surface area contributed by atoms with Crippen LogP contribution in [-0.2, 0) is 32.0 Å². The third kappa shape index (κ3) is 15.2. The van der Waals surface area contributed by atoms with Gasteiger partial charge in [-0.15, -0.1) is 0 Å². The number of hydrogen-bond acceptors (Lipinski definition) is 9. The number of amides is 3. The minimum Gasteiger partial charge on any atom is -0.497 e. The van der Waals surface area contributed by atoms with E-state index in [2.05, 4.69) is 15.6 Å². The van der Waals surface area contributed by atoms with Crippen molar-refractivity contribution < 1.29 is 43.2 Å². The van der Waals surface area contributed by atoms with E-state index in [4.69, 9.17) is 18.9 Å². The van der Waals surface area contributed by atoms with Gasteiger partial charge in [-0.2, -0.15) is 0 Å². The lowest BCUT2D eigenvalue weighted by atomic mass is 9.95. The Labute approximate surface area is 308 Å². The molecule has 2 aromatic carbocycles. The van der Waals surface area contributed by atoms with Gasteiger partial charge in [0.1, 0.15) is 22.6 Å².